The normalized spacial score (nSPS) is 11.5. The van der Waals surface area contributed by atoms with Gasteiger partial charge in [0.1, 0.15) is 0 Å². The summed E-state index contributed by atoms with van der Waals surface area (Å²) in [5, 5.41) is 8.30. The maximum absolute atomic E-state index is 10.9. The molecule has 0 fully saturated rings. The van der Waals surface area contributed by atoms with Gasteiger partial charge in [0.25, 0.3) is 0 Å². The molecule has 74 valence electrons. The van der Waals surface area contributed by atoms with Gasteiger partial charge in [0.15, 0.2) is 0 Å². The van der Waals surface area contributed by atoms with Gasteiger partial charge in [0.05, 0.1) is 12.2 Å². The average molecular weight is 184 g/mol. The van der Waals surface area contributed by atoms with Gasteiger partial charge in [-0.25, -0.2) is 0 Å². The molecular weight excluding hydrogens is 168 g/mol. The fraction of sp³-hybridized carbons (Fsp3) is 0.500. The van der Waals surface area contributed by atoms with Crippen molar-refractivity contribution in [1.82, 2.24) is 16.0 Å². The quantitative estimate of drug-likeness (QED) is 0.396. The van der Waals surface area contributed by atoms with Crippen LogP contribution >= 0.6 is 0 Å². The molecule has 0 aromatic carbocycles. The van der Waals surface area contributed by atoms with E-state index in [0.717, 1.165) is 5.82 Å². The van der Waals surface area contributed by atoms with E-state index in [4.69, 9.17) is 0 Å². The van der Waals surface area contributed by atoms with Gasteiger partial charge in [-0.05, 0) is 6.08 Å². The van der Waals surface area contributed by atoms with Gasteiger partial charge < -0.3 is 16.0 Å². The van der Waals surface area contributed by atoms with Gasteiger partial charge in [-0.3, -0.25) is 9.79 Å². The highest BCUT2D eigenvalue weighted by Gasteiger charge is 1.95. The highest BCUT2D eigenvalue weighted by Crippen LogP contribution is 1.86. The van der Waals surface area contributed by atoms with Crippen molar-refractivity contribution < 1.29 is 4.79 Å². The van der Waals surface area contributed by atoms with Crippen molar-refractivity contribution in [3.05, 3.63) is 11.9 Å². The zero-order chi connectivity index (χ0) is 10.1. The number of nitrogens with zero attached hydrogens (tertiary/aromatic N) is 1. The minimum atomic E-state index is -0.0250. The summed E-state index contributed by atoms with van der Waals surface area (Å²) >= 11 is 0. The average Bonchev–Trinajstić information content (AvgIpc) is 2.17. The summed E-state index contributed by atoms with van der Waals surface area (Å²) in [6, 6.07) is 0. The van der Waals surface area contributed by atoms with E-state index < -0.39 is 0 Å². The van der Waals surface area contributed by atoms with Crippen LogP contribution in [-0.4, -0.2) is 33.4 Å². The summed E-state index contributed by atoms with van der Waals surface area (Å²) in [5.41, 5.74) is 0. The minimum absolute atomic E-state index is 0.0250. The first kappa shape index (κ1) is 11.5. The van der Waals surface area contributed by atoms with Crippen LogP contribution in [0, 0.1) is 0 Å². The summed E-state index contributed by atoms with van der Waals surface area (Å²) in [5.74, 6) is 0.734. The van der Waals surface area contributed by atoms with E-state index in [-0.39, 0.29) is 5.91 Å². The molecular formula is C8H16N4O. The fourth-order valence-electron chi connectivity index (χ4n) is 0.664. The third kappa shape index (κ3) is 5.72. The lowest BCUT2D eigenvalue weighted by Crippen LogP contribution is -2.23. The largest absolute Gasteiger partial charge is 0.375 e. The Kier molecular flexibility index (Phi) is 6.31. The molecule has 0 atom stereocenters. The molecule has 0 aromatic rings. The molecule has 0 saturated carbocycles. The number of hydrogen-bond donors (Lipinski definition) is 3. The molecule has 3 N–H and O–H groups in total. The molecule has 1 amide bonds. The van der Waals surface area contributed by atoms with Crippen LogP contribution in [0.5, 0.6) is 0 Å². The summed E-state index contributed by atoms with van der Waals surface area (Å²) in [4.78, 5) is 14.6. The number of aliphatic imine (C=N–C) groups is 1. The lowest BCUT2D eigenvalue weighted by atomic mass is 10.3. The SMILES string of the molecule is CN=CN/C(=C\CC(=O)NC)NC. The third-order valence-corrected chi connectivity index (χ3v) is 1.39. The van der Waals surface area contributed by atoms with Crippen LogP contribution in [0.1, 0.15) is 6.42 Å². The first-order valence-electron chi connectivity index (χ1n) is 4.00. The van der Waals surface area contributed by atoms with Gasteiger partial charge in [0, 0.05) is 27.6 Å². The number of carbonyl (C=O) groups is 1. The molecule has 13 heavy (non-hydrogen) atoms. The van der Waals surface area contributed by atoms with E-state index in [1.165, 1.54) is 0 Å². The predicted octanol–water partition coefficient (Wildman–Crippen LogP) is -0.569. The Morgan fingerprint density at radius 1 is 1.38 bits per heavy atom. The van der Waals surface area contributed by atoms with Crippen LogP contribution in [0.4, 0.5) is 0 Å². The van der Waals surface area contributed by atoms with Crippen LogP contribution < -0.4 is 16.0 Å². The molecule has 0 aromatic heterocycles. The molecule has 0 heterocycles. The van der Waals surface area contributed by atoms with Crippen LogP contribution in [0.2, 0.25) is 0 Å². The van der Waals surface area contributed by atoms with E-state index in [1.54, 1.807) is 33.6 Å². The van der Waals surface area contributed by atoms with Crippen molar-refractivity contribution in [2.24, 2.45) is 4.99 Å². The predicted molar refractivity (Wildman–Crippen MR) is 53.4 cm³/mol. The lowest BCUT2D eigenvalue weighted by molar-refractivity contribution is -0.119. The summed E-state index contributed by atoms with van der Waals surface area (Å²) < 4.78 is 0. The maximum Gasteiger partial charge on any atom is 0.223 e. The monoisotopic (exact) mass is 184 g/mol. The first-order valence-corrected chi connectivity index (χ1v) is 4.00. The summed E-state index contributed by atoms with van der Waals surface area (Å²) in [7, 11) is 5.04. The maximum atomic E-state index is 10.9. The number of hydrogen-bond acceptors (Lipinski definition) is 3. The minimum Gasteiger partial charge on any atom is -0.375 e. The first-order chi connectivity index (χ1) is 6.24. The molecule has 0 spiro atoms. The zero-order valence-electron chi connectivity index (χ0n) is 8.22. The Hall–Kier alpha value is -1.52. The third-order valence-electron chi connectivity index (χ3n) is 1.39. The number of amides is 1. The smallest absolute Gasteiger partial charge is 0.223 e. The standard InChI is InChI=1S/C8H16N4O/c1-9-6-12-7(10-2)4-5-8(13)11-3/h4,6,10H,5H2,1-3H3,(H,9,12)(H,11,13)/b7-4-. The molecule has 0 aliphatic rings. The Balaban J connectivity index is 3.98. The molecule has 0 radical (unpaired) electrons. The molecule has 0 aliphatic carbocycles. The van der Waals surface area contributed by atoms with E-state index in [0.29, 0.717) is 6.42 Å². The fourth-order valence-corrected chi connectivity index (χ4v) is 0.664. The van der Waals surface area contributed by atoms with Gasteiger partial charge >= 0.3 is 0 Å². The van der Waals surface area contributed by atoms with Gasteiger partial charge in [0.2, 0.25) is 5.91 Å². The number of rotatable bonds is 5. The van der Waals surface area contributed by atoms with Crippen molar-refractivity contribution in [3.63, 3.8) is 0 Å². The second-order valence-electron chi connectivity index (χ2n) is 2.28. The number of carbonyl (C=O) groups excluding carboxylic acids is 1. The van der Waals surface area contributed by atoms with E-state index in [2.05, 4.69) is 20.9 Å². The molecule has 0 saturated heterocycles. The molecule has 0 unspecified atom stereocenters. The molecule has 5 nitrogen and oxygen atoms in total. The van der Waals surface area contributed by atoms with Crippen LogP contribution in [0.3, 0.4) is 0 Å². The van der Waals surface area contributed by atoms with Gasteiger partial charge in [-0.15, -0.1) is 0 Å². The second kappa shape index (κ2) is 7.15. The molecule has 5 heteroatoms. The summed E-state index contributed by atoms with van der Waals surface area (Å²) in [6.07, 6.45) is 3.64. The lowest BCUT2D eigenvalue weighted by Gasteiger charge is -2.04. The van der Waals surface area contributed by atoms with Crippen molar-refractivity contribution in [2.45, 2.75) is 6.42 Å². The van der Waals surface area contributed by atoms with Crippen LogP contribution in [0.25, 0.3) is 0 Å². The second-order valence-corrected chi connectivity index (χ2v) is 2.28. The number of nitrogens with one attached hydrogen (secondary N) is 3. The summed E-state index contributed by atoms with van der Waals surface area (Å²) in [6.45, 7) is 0. The topological polar surface area (TPSA) is 65.5 Å². The highest BCUT2D eigenvalue weighted by atomic mass is 16.1. The zero-order valence-corrected chi connectivity index (χ0v) is 8.22. The van der Waals surface area contributed by atoms with Crippen molar-refractivity contribution in [2.75, 3.05) is 21.1 Å². The van der Waals surface area contributed by atoms with Crippen molar-refractivity contribution in [3.8, 4) is 0 Å². The van der Waals surface area contributed by atoms with Crippen LogP contribution in [-0.2, 0) is 4.79 Å². The van der Waals surface area contributed by atoms with E-state index >= 15 is 0 Å². The molecule has 0 aliphatic heterocycles. The van der Waals surface area contributed by atoms with Crippen molar-refractivity contribution in [1.29, 1.82) is 0 Å². The Morgan fingerprint density at radius 3 is 2.54 bits per heavy atom. The van der Waals surface area contributed by atoms with Gasteiger partial charge in [-0.2, -0.15) is 0 Å². The van der Waals surface area contributed by atoms with Crippen LogP contribution in [0.15, 0.2) is 16.9 Å². The Morgan fingerprint density at radius 2 is 2.08 bits per heavy atom. The molecule has 0 rings (SSSR count). The molecule has 0 bridgehead atoms. The van der Waals surface area contributed by atoms with E-state index in [9.17, 15) is 4.79 Å². The van der Waals surface area contributed by atoms with Crippen molar-refractivity contribution >= 4 is 12.2 Å². The Labute approximate surface area is 78.3 Å². The van der Waals surface area contributed by atoms with Gasteiger partial charge in [-0.1, -0.05) is 0 Å². The highest BCUT2D eigenvalue weighted by molar-refractivity contribution is 5.77. The Bertz CT molecular complexity index is 210. The van der Waals surface area contributed by atoms with E-state index in [1.807, 2.05) is 0 Å².